The van der Waals surface area contributed by atoms with Gasteiger partial charge in [0.05, 0.1) is 29.1 Å². The number of hydrogen-bond acceptors (Lipinski definition) is 3. The van der Waals surface area contributed by atoms with Crippen molar-refractivity contribution in [2.45, 2.75) is 0 Å². The highest BCUT2D eigenvalue weighted by Gasteiger charge is 2.09. The minimum atomic E-state index is -0.292. The molecule has 1 aromatic carbocycles. The van der Waals surface area contributed by atoms with Crippen LogP contribution < -0.4 is 11.1 Å². The SMILES string of the molecule is NCC#Cc1ccc(Cl)c(NC(=O)c2ccoc2)c1. The topological polar surface area (TPSA) is 68.3 Å². The van der Waals surface area contributed by atoms with Crippen molar-refractivity contribution in [3.63, 3.8) is 0 Å². The molecular formula is C14H11ClN2O2. The maximum atomic E-state index is 11.9. The van der Waals surface area contributed by atoms with Crippen LogP contribution in [-0.4, -0.2) is 12.5 Å². The molecule has 0 saturated carbocycles. The molecule has 1 heterocycles. The summed E-state index contributed by atoms with van der Waals surface area (Å²) in [5.74, 6) is 5.32. The van der Waals surface area contributed by atoms with E-state index < -0.39 is 0 Å². The summed E-state index contributed by atoms with van der Waals surface area (Å²) in [6.07, 6.45) is 2.79. The first-order chi connectivity index (χ1) is 9.20. The number of carbonyl (C=O) groups is 1. The molecule has 0 unspecified atom stereocenters. The number of amides is 1. The fourth-order valence-corrected chi connectivity index (χ4v) is 1.60. The fraction of sp³-hybridized carbons (Fsp3) is 0.0714. The number of carbonyl (C=O) groups excluding carboxylic acids is 1. The lowest BCUT2D eigenvalue weighted by Crippen LogP contribution is -2.11. The summed E-state index contributed by atoms with van der Waals surface area (Å²) in [6.45, 7) is 0.277. The van der Waals surface area contributed by atoms with Crippen molar-refractivity contribution < 1.29 is 9.21 Å². The second-order valence-electron chi connectivity index (χ2n) is 3.67. The van der Waals surface area contributed by atoms with Crippen LogP contribution in [0.2, 0.25) is 5.02 Å². The van der Waals surface area contributed by atoms with Crippen LogP contribution in [0.4, 0.5) is 5.69 Å². The summed E-state index contributed by atoms with van der Waals surface area (Å²) in [6, 6.07) is 6.70. The third-order valence-electron chi connectivity index (χ3n) is 2.33. The van der Waals surface area contributed by atoms with Crippen LogP contribution in [0.25, 0.3) is 0 Å². The molecule has 0 spiro atoms. The van der Waals surface area contributed by atoms with E-state index in [2.05, 4.69) is 17.2 Å². The Morgan fingerprint density at radius 3 is 2.95 bits per heavy atom. The number of nitrogens with two attached hydrogens (primary N) is 1. The van der Waals surface area contributed by atoms with Gasteiger partial charge < -0.3 is 15.5 Å². The molecule has 0 aliphatic carbocycles. The summed E-state index contributed by atoms with van der Waals surface area (Å²) in [5, 5.41) is 3.14. The summed E-state index contributed by atoms with van der Waals surface area (Å²) in [7, 11) is 0. The van der Waals surface area contributed by atoms with Crippen LogP contribution in [0, 0.1) is 11.8 Å². The molecule has 0 aliphatic heterocycles. The highest BCUT2D eigenvalue weighted by Crippen LogP contribution is 2.23. The maximum absolute atomic E-state index is 11.9. The quantitative estimate of drug-likeness (QED) is 0.827. The van der Waals surface area contributed by atoms with Crippen molar-refractivity contribution in [2.75, 3.05) is 11.9 Å². The molecule has 0 bridgehead atoms. The van der Waals surface area contributed by atoms with Gasteiger partial charge in [0.15, 0.2) is 0 Å². The molecule has 0 saturated heterocycles. The number of nitrogens with one attached hydrogen (secondary N) is 1. The largest absolute Gasteiger partial charge is 0.472 e. The van der Waals surface area contributed by atoms with Crippen LogP contribution in [0.1, 0.15) is 15.9 Å². The number of rotatable bonds is 2. The molecule has 5 heteroatoms. The highest BCUT2D eigenvalue weighted by molar-refractivity contribution is 6.34. The van der Waals surface area contributed by atoms with E-state index in [4.69, 9.17) is 21.8 Å². The summed E-state index contributed by atoms with van der Waals surface area (Å²) in [4.78, 5) is 11.9. The van der Waals surface area contributed by atoms with E-state index in [1.807, 2.05) is 0 Å². The fourth-order valence-electron chi connectivity index (χ4n) is 1.44. The number of halogens is 1. The van der Waals surface area contributed by atoms with Crippen LogP contribution in [0.15, 0.2) is 41.2 Å². The lowest BCUT2D eigenvalue weighted by atomic mass is 10.2. The van der Waals surface area contributed by atoms with E-state index in [1.165, 1.54) is 12.5 Å². The molecule has 0 fully saturated rings. The first-order valence-electron chi connectivity index (χ1n) is 5.53. The van der Waals surface area contributed by atoms with Gasteiger partial charge in [-0.25, -0.2) is 0 Å². The van der Waals surface area contributed by atoms with E-state index in [9.17, 15) is 4.79 Å². The average molecular weight is 275 g/mol. The van der Waals surface area contributed by atoms with E-state index in [0.29, 0.717) is 16.3 Å². The summed E-state index contributed by atoms with van der Waals surface area (Å²) < 4.78 is 4.85. The Bertz CT molecular complexity index is 639. The van der Waals surface area contributed by atoms with Crippen LogP contribution in [0.5, 0.6) is 0 Å². The van der Waals surface area contributed by atoms with Gasteiger partial charge >= 0.3 is 0 Å². The molecule has 0 radical (unpaired) electrons. The van der Waals surface area contributed by atoms with Gasteiger partial charge in [0.25, 0.3) is 5.91 Å². The summed E-state index contributed by atoms with van der Waals surface area (Å²) >= 11 is 6.02. The second kappa shape index (κ2) is 6.10. The molecule has 2 aromatic rings. The Morgan fingerprint density at radius 1 is 1.42 bits per heavy atom. The van der Waals surface area contributed by atoms with E-state index in [-0.39, 0.29) is 12.5 Å². The van der Waals surface area contributed by atoms with Gasteiger partial charge in [0, 0.05) is 5.56 Å². The molecule has 0 atom stereocenters. The van der Waals surface area contributed by atoms with Crippen LogP contribution >= 0.6 is 11.6 Å². The van der Waals surface area contributed by atoms with E-state index in [1.54, 1.807) is 24.3 Å². The van der Waals surface area contributed by atoms with Gasteiger partial charge in [-0.15, -0.1) is 0 Å². The maximum Gasteiger partial charge on any atom is 0.258 e. The third-order valence-corrected chi connectivity index (χ3v) is 2.66. The number of benzene rings is 1. The second-order valence-corrected chi connectivity index (χ2v) is 4.07. The Labute approximate surface area is 115 Å². The van der Waals surface area contributed by atoms with Gasteiger partial charge in [0.1, 0.15) is 6.26 Å². The molecule has 0 aliphatic rings. The van der Waals surface area contributed by atoms with Crippen molar-refractivity contribution in [1.29, 1.82) is 0 Å². The highest BCUT2D eigenvalue weighted by atomic mass is 35.5. The minimum absolute atomic E-state index is 0.277. The normalized spacial score (nSPS) is 9.58. The van der Waals surface area contributed by atoms with Crippen LogP contribution in [0.3, 0.4) is 0 Å². The molecular weight excluding hydrogens is 264 g/mol. The monoisotopic (exact) mass is 274 g/mol. The Balaban J connectivity index is 2.22. The lowest BCUT2D eigenvalue weighted by molar-refractivity contribution is 0.102. The first-order valence-corrected chi connectivity index (χ1v) is 5.90. The first kappa shape index (κ1) is 13.2. The zero-order chi connectivity index (χ0) is 13.7. The van der Waals surface area contributed by atoms with Crippen molar-refractivity contribution in [1.82, 2.24) is 0 Å². The number of anilines is 1. The number of hydrogen-bond donors (Lipinski definition) is 2. The third kappa shape index (κ3) is 3.38. The molecule has 3 N–H and O–H groups in total. The van der Waals surface area contributed by atoms with E-state index >= 15 is 0 Å². The Kier molecular flexibility index (Phi) is 4.24. The Hall–Kier alpha value is -2.22. The molecule has 2 rings (SSSR count). The van der Waals surface area contributed by atoms with Gasteiger partial charge in [-0.2, -0.15) is 0 Å². The zero-order valence-electron chi connectivity index (χ0n) is 9.94. The van der Waals surface area contributed by atoms with E-state index in [0.717, 1.165) is 5.56 Å². The van der Waals surface area contributed by atoms with Gasteiger partial charge in [0.2, 0.25) is 0 Å². The smallest absolute Gasteiger partial charge is 0.258 e. The number of furan rings is 1. The predicted molar refractivity (Wildman–Crippen MR) is 74.0 cm³/mol. The predicted octanol–water partition coefficient (Wildman–Crippen LogP) is 2.50. The lowest BCUT2D eigenvalue weighted by Gasteiger charge is -2.06. The van der Waals surface area contributed by atoms with Crippen molar-refractivity contribution in [2.24, 2.45) is 5.73 Å². The van der Waals surface area contributed by atoms with Crippen molar-refractivity contribution in [3.05, 3.63) is 52.9 Å². The van der Waals surface area contributed by atoms with Gasteiger partial charge in [-0.3, -0.25) is 4.79 Å². The standard InChI is InChI=1S/C14H11ClN2O2/c15-12-4-3-10(2-1-6-16)8-13(12)17-14(18)11-5-7-19-9-11/h3-5,7-9H,6,16H2,(H,17,18). The zero-order valence-corrected chi connectivity index (χ0v) is 10.7. The molecule has 1 amide bonds. The molecule has 96 valence electrons. The van der Waals surface area contributed by atoms with Gasteiger partial charge in [-0.05, 0) is 24.3 Å². The molecule has 19 heavy (non-hydrogen) atoms. The van der Waals surface area contributed by atoms with Gasteiger partial charge in [-0.1, -0.05) is 23.4 Å². The van der Waals surface area contributed by atoms with Crippen molar-refractivity contribution >= 4 is 23.2 Å². The van der Waals surface area contributed by atoms with Crippen molar-refractivity contribution in [3.8, 4) is 11.8 Å². The summed E-state index contributed by atoms with van der Waals surface area (Å²) in [5.41, 5.74) is 6.97. The van der Waals surface area contributed by atoms with Crippen LogP contribution in [-0.2, 0) is 0 Å². The molecule has 4 nitrogen and oxygen atoms in total. The average Bonchev–Trinajstić information content (AvgIpc) is 2.93. The molecule has 1 aromatic heterocycles. The minimum Gasteiger partial charge on any atom is -0.472 e. The Morgan fingerprint density at radius 2 is 2.26 bits per heavy atom.